The Balaban J connectivity index is 2.10. The fourth-order valence-electron chi connectivity index (χ4n) is 2.28. The van der Waals surface area contributed by atoms with Gasteiger partial charge in [0.15, 0.2) is 0 Å². The number of carboxylic acid groups (broad SMARTS) is 1. The van der Waals surface area contributed by atoms with E-state index in [0.717, 1.165) is 0 Å². The van der Waals surface area contributed by atoms with Crippen LogP contribution in [0.5, 0.6) is 5.75 Å². The number of carbonyl (C=O) groups is 2. The summed E-state index contributed by atoms with van der Waals surface area (Å²) in [6.07, 6.45) is 0.433. The van der Waals surface area contributed by atoms with Gasteiger partial charge in [0.1, 0.15) is 5.75 Å². The molecule has 0 aromatic heterocycles. The third-order valence-electron chi connectivity index (χ3n) is 3.68. The van der Waals surface area contributed by atoms with Gasteiger partial charge >= 0.3 is 12.0 Å². The largest absolute Gasteiger partial charge is 0.495 e. The molecule has 1 aliphatic rings. The van der Waals surface area contributed by atoms with Crippen LogP contribution in [0.25, 0.3) is 0 Å². The number of anilines is 1. The summed E-state index contributed by atoms with van der Waals surface area (Å²) < 4.78 is 5.16. The molecule has 0 bridgehead atoms. The van der Waals surface area contributed by atoms with Gasteiger partial charge < -0.3 is 20.1 Å². The van der Waals surface area contributed by atoms with Gasteiger partial charge in [-0.3, -0.25) is 4.79 Å². The number of ether oxygens (including phenoxy) is 1. The quantitative estimate of drug-likeness (QED) is 0.899. The van der Waals surface area contributed by atoms with Crippen LogP contribution in [0.3, 0.4) is 0 Å². The fourth-order valence-corrected chi connectivity index (χ4v) is 2.45. The molecule has 0 radical (unpaired) electrons. The highest BCUT2D eigenvalue weighted by Gasteiger charge is 2.42. The van der Waals surface area contributed by atoms with Crippen molar-refractivity contribution in [3.63, 3.8) is 0 Å². The lowest BCUT2D eigenvalue weighted by molar-refractivity contribution is -0.146. The number of carboxylic acids is 1. The molecule has 1 fully saturated rings. The Hall–Kier alpha value is -1.95. The molecule has 1 aromatic carbocycles. The summed E-state index contributed by atoms with van der Waals surface area (Å²) in [4.78, 5) is 24.9. The van der Waals surface area contributed by atoms with Gasteiger partial charge in [0.05, 0.1) is 18.2 Å². The summed E-state index contributed by atoms with van der Waals surface area (Å²) in [5.74, 6) is -0.397. The number of nitrogens with one attached hydrogen (secondary N) is 1. The average molecular weight is 313 g/mol. The maximum absolute atomic E-state index is 12.2. The van der Waals surface area contributed by atoms with Crippen molar-refractivity contribution in [3.05, 3.63) is 23.2 Å². The highest BCUT2D eigenvalue weighted by Crippen LogP contribution is 2.32. The van der Waals surface area contributed by atoms with Crippen molar-refractivity contribution >= 4 is 29.3 Å². The van der Waals surface area contributed by atoms with E-state index in [1.807, 2.05) is 0 Å². The number of methoxy groups -OCH3 is 1. The zero-order valence-corrected chi connectivity index (χ0v) is 12.6. The van der Waals surface area contributed by atoms with Crippen molar-refractivity contribution in [1.82, 2.24) is 4.90 Å². The number of amides is 2. The fraction of sp³-hybridized carbons (Fsp3) is 0.429. The molecule has 2 rings (SSSR count). The van der Waals surface area contributed by atoms with E-state index in [0.29, 0.717) is 29.4 Å². The topological polar surface area (TPSA) is 78.9 Å². The van der Waals surface area contributed by atoms with Crippen molar-refractivity contribution in [2.45, 2.75) is 13.3 Å². The van der Waals surface area contributed by atoms with E-state index in [9.17, 15) is 14.7 Å². The molecule has 1 aliphatic heterocycles. The standard InChI is InChI=1S/C14H17ClN2O4/c1-14(12(18)19)5-6-17(8-14)13(20)16-10-7-9(15)3-4-11(10)21-2/h3-4,7H,5-6,8H2,1-2H3,(H,16,20)(H,18,19). The van der Waals surface area contributed by atoms with E-state index in [1.54, 1.807) is 25.1 Å². The molecule has 1 saturated heterocycles. The maximum Gasteiger partial charge on any atom is 0.321 e. The highest BCUT2D eigenvalue weighted by atomic mass is 35.5. The molecule has 0 saturated carbocycles. The monoisotopic (exact) mass is 312 g/mol. The number of nitrogens with zero attached hydrogens (tertiary/aromatic N) is 1. The smallest absolute Gasteiger partial charge is 0.321 e. The van der Waals surface area contributed by atoms with Gasteiger partial charge in [-0.2, -0.15) is 0 Å². The van der Waals surface area contributed by atoms with Crippen molar-refractivity contribution in [2.75, 3.05) is 25.5 Å². The summed E-state index contributed by atoms with van der Waals surface area (Å²) in [6, 6.07) is 4.54. The molecule has 2 N–H and O–H groups in total. The van der Waals surface area contributed by atoms with Crippen LogP contribution < -0.4 is 10.1 Å². The summed E-state index contributed by atoms with van der Waals surface area (Å²) in [5.41, 5.74) is -0.436. The first-order chi connectivity index (χ1) is 9.85. The molecule has 1 aromatic rings. The minimum absolute atomic E-state index is 0.178. The molecule has 1 heterocycles. The van der Waals surface area contributed by atoms with Gasteiger partial charge in [-0.1, -0.05) is 11.6 Å². The molecular formula is C14H17ClN2O4. The van der Waals surface area contributed by atoms with E-state index in [4.69, 9.17) is 16.3 Å². The molecule has 2 amide bonds. The van der Waals surface area contributed by atoms with Crippen LogP contribution >= 0.6 is 11.6 Å². The third-order valence-corrected chi connectivity index (χ3v) is 3.92. The normalized spacial score (nSPS) is 21.2. The zero-order valence-electron chi connectivity index (χ0n) is 11.9. The molecule has 0 spiro atoms. The van der Waals surface area contributed by atoms with Gasteiger partial charge in [0, 0.05) is 18.1 Å². The Kier molecular flexibility index (Phi) is 4.27. The highest BCUT2D eigenvalue weighted by molar-refractivity contribution is 6.31. The summed E-state index contributed by atoms with van der Waals surface area (Å²) in [6.45, 7) is 2.22. The van der Waals surface area contributed by atoms with Gasteiger partial charge in [-0.05, 0) is 31.5 Å². The Bertz CT molecular complexity index is 578. The number of hydrogen-bond donors (Lipinski definition) is 2. The van der Waals surface area contributed by atoms with Crippen LogP contribution in [0.1, 0.15) is 13.3 Å². The second-order valence-electron chi connectivity index (χ2n) is 5.31. The van der Waals surface area contributed by atoms with Gasteiger partial charge in [0.2, 0.25) is 0 Å². The average Bonchev–Trinajstić information content (AvgIpc) is 2.83. The summed E-state index contributed by atoms with van der Waals surface area (Å²) >= 11 is 5.91. The predicted molar refractivity (Wildman–Crippen MR) is 79.0 cm³/mol. The Morgan fingerprint density at radius 3 is 2.76 bits per heavy atom. The van der Waals surface area contributed by atoms with Crippen molar-refractivity contribution in [2.24, 2.45) is 5.41 Å². The van der Waals surface area contributed by atoms with Crippen LogP contribution in [0.4, 0.5) is 10.5 Å². The van der Waals surface area contributed by atoms with E-state index in [-0.39, 0.29) is 12.6 Å². The van der Waals surface area contributed by atoms with Crippen LogP contribution in [-0.4, -0.2) is 42.2 Å². The Morgan fingerprint density at radius 1 is 1.48 bits per heavy atom. The van der Waals surface area contributed by atoms with Crippen molar-refractivity contribution in [3.8, 4) is 5.75 Å². The van der Waals surface area contributed by atoms with E-state index < -0.39 is 11.4 Å². The van der Waals surface area contributed by atoms with Crippen LogP contribution in [0.15, 0.2) is 18.2 Å². The molecule has 21 heavy (non-hydrogen) atoms. The minimum Gasteiger partial charge on any atom is -0.495 e. The number of benzene rings is 1. The molecule has 1 unspecified atom stereocenters. The number of urea groups is 1. The maximum atomic E-state index is 12.2. The first kappa shape index (κ1) is 15.4. The number of carbonyl (C=O) groups excluding carboxylic acids is 1. The second kappa shape index (κ2) is 5.81. The van der Waals surface area contributed by atoms with Gasteiger partial charge in [-0.25, -0.2) is 4.79 Å². The number of aliphatic carboxylic acids is 1. The number of rotatable bonds is 3. The first-order valence-electron chi connectivity index (χ1n) is 6.48. The summed E-state index contributed by atoms with van der Waals surface area (Å²) in [7, 11) is 1.50. The van der Waals surface area contributed by atoms with Gasteiger partial charge in [-0.15, -0.1) is 0 Å². The molecule has 6 nitrogen and oxygen atoms in total. The van der Waals surface area contributed by atoms with Crippen molar-refractivity contribution < 1.29 is 19.4 Å². The number of hydrogen-bond acceptors (Lipinski definition) is 3. The van der Waals surface area contributed by atoms with E-state index in [1.165, 1.54) is 12.0 Å². The zero-order chi connectivity index (χ0) is 15.6. The van der Waals surface area contributed by atoms with Crippen LogP contribution in [0.2, 0.25) is 5.02 Å². The Morgan fingerprint density at radius 2 is 2.19 bits per heavy atom. The lowest BCUT2D eigenvalue weighted by Crippen LogP contribution is -2.37. The van der Waals surface area contributed by atoms with E-state index >= 15 is 0 Å². The van der Waals surface area contributed by atoms with Crippen LogP contribution in [-0.2, 0) is 4.79 Å². The minimum atomic E-state index is -0.893. The molecule has 114 valence electrons. The lowest BCUT2D eigenvalue weighted by Gasteiger charge is -2.21. The number of halogens is 1. The lowest BCUT2D eigenvalue weighted by atomic mass is 9.90. The molecular weight excluding hydrogens is 296 g/mol. The molecule has 0 aliphatic carbocycles. The van der Waals surface area contributed by atoms with Crippen molar-refractivity contribution in [1.29, 1.82) is 0 Å². The number of likely N-dealkylation sites (tertiary alicyclic amines) is 1. The van der Waals surface area contributed by atoms with Gasteiger partial charge in [0.25, 0.3) is 0 Å². The van der Waals surface area contributed by atoms with E-state index in [2.05, 4.69) is 5.32 Å². The first-order valence-corrected chi connectivity index (χ1v) is 6.86. The third kappa shape index (κ3) is 3.21. The molecule has 1 atom stereocenters. The predicted octanol–water partition coefficient (Wildman–Crippen LogP) is 2.68. The molecule has 7 heteroatoms. The second-order valence-corrected chi connectivity index (χ2v) is 5.75. The SMILES string of the molecule is COc1ccc(Cl)cc1NC(=O)N1CCC(C)(C(=O)O)C1. The summed E-state index contributed by atoms with van der Waals surface area (Å²) in [5, 5.41) is 12.4. The van der Waals surface area contributed by atoms with Crippen LogP contribution in [0, 0.1) is 5.41 Å². The Labute approximate surface area is 127 Å².